The first-order valence-corrected chi connectivity index (χ1v) is 5.05. The second-order valence-electron chi connectivity index (χ2n) is 4.03. The highest BCUT2D eigenvalue weighted by Crippen LogP contribution is 2.28. The molecule has 1 aromatic rings. The minimum Gasteiger partial charge on any atom is -0.263 e. The van der Waals surface area contributed by atoms with Gasteiger partial charge in [-0.25, -0.2) is 0 Å². The molecule has 0 aliphatic heterocycles. The number of hydrogen-bond donors (Lipinski definition) is 0. The van der Waals surface area contributed by atoms with E-state index in [2.05, 4.69) is 25.8 Å². The third-order valence-electron chi connectivity index (χ3n) is 2.36. The predicted molar refractivity (Wildman–Crippen MR) is 57.2 cm³/mol. The first kappa shape index (κ1) is 10.5. The number of nitrogens with zero attached hydrogens (tertiary/aromatic N) is 1. The average molecular weight is 198 g/mol. The van der Waals surface area contributed by atoms with Crippen molar-refractivity contribution in [2.75, 3.05) is 0 Å². The highest BCUT2D eigenvalue weighted by molar-refractivity contribution is 6.30. The van der Waals surface area contributed by atoms with Gasteiger partial charge in [-0.05, 0) is 23.5 Å². The maximum Gasteiger partial charge on any atom is 0.0592 e. The van der Waals surface area contributed by atoms with Crippen molar-refractivity contribution in [3.05, 3.63) is 29.0 Å². The molecule has 0 atom stereocenters. The van der Waals surface area contributed by atoms with Crippen molar-refractivity contribution in [3.63, 3.8) is 0 Å². The van der Waals surface area contributed by atoms with Gasteiger partial charge >= 0.3 is 0 Å². The van der Waals surface area contributed by atoms with Crippen LogP contribution in [0.25, 0.3) is 0 Å². The largest absolute Gasteiger partial charge is 0.263 e. The molecule has 72 valence electrons. The van der Waals surface area contributed by atoms with E-state index in [-0.39, 0.29) is 5.41 Å². The zero-order valence-electron chi connectivity index (χ0n) is 8.47. The molecule has 1 aromatic heterocycles. The molecule has 1 heterocycles. The Bertz CT molecular complexity index is 281. The highest BCUT2D eigenvalue weighted by atomic mass is 35.5. The van der Waals surface area contributed by atoms with Crippen LogP contribution in [0, 0.1) is 0 Å². The molecular formula is C11H16ClN. The lowest BCUT2D eigenvalue weighted by atomic mass is 9.82. The van der Waals surface area contributed by atoms with E-state index in [9.17, 15) is 0 Å². The van der Waals surface area contributed by atoms with E-state index in [0.29, 0.717) is 0 Å². The average Bonchev–Trinajstić information content (AvgIpc) is 2.04. The normalized spacial score (nSPS) is 11.7. The molecule has 0 N–H and O–H groups in total. The van der Waals surface area contributed by atoms with E-state index in [0.717, 1.165) is 11.4 Å². The van der Waals surface area contributed by atoms with Crippen LogP contribution in [-0.4, -0.2) is 4.98 Å². The summed E-state index contributed by atoms with van der Waals surface area (Å²) in [4.78, 5) is 4.10. The van der Waals surface area contributed by atoms with E-state index >= 15 is 0 Å². The molecule has 0 saturated heterocycles. The topological polar surface area (TPSA) is 12.9 Å². The van der Waals surface area contributed by atoms with Crippen LogP contribution < -0.4 is 0 Å². The monoisotopic (exact) mass is 197 g/mol. The lowest BCUT2D eigenvalue weighted by Gasteiger charge is -2.24. The number of pyridine rings is 1. The molecule has 1 nitrogen and oxygen atoms in total. The fourth-order valence-corrected chi connectivity index (χ4v) is 1.73. The Morgan fingerprint density at radius 3 is 2.62 bits per heavy atom. The van der Waals surface area contributed by atoms with E-state index in [1.165, 1.54) is 12.0 Å². The van der Waals surface area contributed by atoms with Crippen LogP contribution >= 0.6 is 11.6 Å². The lowest BCUT2D eigenvalue weighted by molar-refractivity contribution is 0.471. The molecule has 0 fully saturated rings. The molecule has 1 rings (SSSR count). The van der Waals surface area contributed by atoms with Crippen molar-refractivity contribution < 1.29 is 0 Å². The minimum absolute atomic E-state index is 0.187. The van der Waals surface area contributed by atoms with E-state index in [1.807, 2.05) is 12.3 Å². The molecule has 0 bridgehead atoms. The lowest BCUT2D eigenvalue weighted by Crippen LogP contribution is -2.16. The SMILES string of the molecule is CCCC(C)(C)c1cncc(Cl)c1. The van der Waals surface area contributed by atoms with Gasteiger partial charge in [-0.2, -0.15) is 0 Å². The molecule has 0 aliphatic carbocycles. The van der Waals surface area contributed by atoms with E-state index < -0.39 is 0 Å². The number of hydrogen-bond acceptors (Lipinski definition) is 1. The smallest absolute Gasteiger partial charge is 0.0592 e. The van der Waals surface area contributed by atoms with Crippen LogP contribution in [0.3, 0.4) is 0 Å². The summed E-state index contributed by atoms with van der Waals surface area (Å²) in [5.41, 5.74) is 1.41. The highest BCUT2D eigenvalue weighted by Gasteiger charge is 2.19. The summed E-state index contributed by atoms with van der Waals surface area (Å²) in [7, 11) is 0. The van der Waals surface area contributed by atoms with Crippen molar-refractivity contribution in [3.8, 4) is 0 Å². The van der Waals surface area contributed by atoms with Gasteiger partial charge in [0.1, 0.15) is 0 Å². The molecule has 0 unspecified atom stereocenters. The zero-order chi connectivity index (χ0) is 9.90. The van der Waals surface area contributed by atoms with Gasteiger partial charge in [0.2, 0.25) is 0 Å². The molecule has 0 aliphatic rings. The van der Waals surface area contributed by atoms with Crippen LogP contribution in [0.5, 0.6) is 0 Å². The third-order valence-corrected chi connectivity index (χ3v) is 2.57. The molecule has 0 spiro atoms. The molecule has 13 heavy (non-hydrogen) atoms. The van der Waals surface area contributed by atoms with Gasteiger partial charge in [0, 0.05) is 12.4 Å². The Morgan fingerprint density at radius 1 is 1.38 bits per heavy atom. The first-order chi connectivity index (χ1) is 6.06. The quantitative estimate of drug-likeness (QED) is 0.718. The minimum atomic E-state index is 0.187. The predicted octanol–water partition coefficient (Wildman–Crippen LogP) is 3.81. The number of halogens is 1. The second kappa shape index (κ2) is 4.10. The fraction of sp³-hybridized carbons (Fsp3) is 0.545. The number of aromatic nitrogens is 1. The summed E-state index contributed by atoms with van der Waals surface area (Å²) >= 11 is 5.89. The van der Waals surface area contributed by atoms with Crippen molar-refractivity contribution in [2.45, 2.75) is 39.0 Å². The number of rotatable bonds is 3. The summed E-state index contributed by atoms with van der Waals surface area (Å²) in [6, 6.07) is 2.00. The summed E-state index contributed by atoms with van der Waals surface area (Å²) < 4.78 is 0. The summed E-state index contributed by atoms with van der Waals surface area (Å²) in [5.74, 6) is 0. The van der Waals surface area contributed by atoms with Gasteiger partial charge in [-0.3, -0.25) is 4.98 Å². The summed E-state index contributed by atoms with van der Waals surface area (Å²) in [6.07, 6.45) is 5.92. The Labute approximate surface area is 85.1 Å². The Morgan fingerprint density at radius 2 is 2.08 bits per heavy atom. The maximum absolute atomic E-state index is 5.89. The molecule has 0 saturated carbocycles. The molecule has 2 heteroatoms. The van der Waals surface area contributed by atoms with E-state index in [1.54, 1.807) is 6.20 Å². The second-order valence-corrected chi connectivity index (χ2v) is 4.46. The Hall–Kier alpha value is -0.560. The van der Waals surface area contributed by atoms with Crippen LogP contribution in [-0.2, 0) is 5.41 Å². The van der Waals surface area contributed by atoms with Gasteiger partial charge in [0.05, 0.1) is 5.02 Å². The molecule has 0 amide bonds. The van der Waals surface area contributed by atoms with Gasteiger partial charge in [0.25, 0.3) is 0 Å². The van der Waals surface area contributed by atoms with Crippen LogP contribution in [0.2, 0.25) is 5.02 Å². The van der Waals surface area contributed by atoms with Gasteiger partial charge in [-0.15, -0.1) is 0 Å². The molecule has 0 aromatic carbocycles. The van der Waals surface area contributed by atoms with Crippen molar-refractivity contribution in [2.24, 2.45) is 0 Å². The van der Waals surface area contributed by atoms with Crippen molar-refractivity contribution in [1.82, 2.24) is 4.98 Å². The Balaban J connectivity index is 2.93. The van der Waals surface area contributed by atoms with Crippen LogP contribution in [0.15, 0.2) is 18.5 Å². The summed E-state index contributed by atoms with van der Waals surface area (Å²) in [6.45, 7) is 6.65. The van der Waals surface area contributed by atoms with Crippen molar-refractivity contribution >= 4 is 11.6 Å². The molecule has 0 radical (unpaired) electrons. The standard InChI is InChI=1S/C11H16ClN/c1-4-5-11(2,3)9-6-10(12)8-13-7-9/h6-8H,4-5H2,1-3H3. The van der Waals surface area contributed by atoms with Gasteiger partial charge in [-0.1, -0.05) is 38.8 Å². The maximum atomic E-state index is 5.89. The van der Waals surface area contributed by atoms with Crippen LogP contribution in [0.4, 0.5) is 0 Å². The van der Waals surface area contributed by atoms with Gasteiger partial charge in [0.15, 0.2) is 0 Å². The summed E-state index contributed by atoms with van der Waals surface area (Å²) in [5, 5.41) is 0.724. The van der Waals surface area contributed by atoms with Gasteiger partial charge < -0.3 is 0 Å². The Kier molecular flexibility index (Phi) is 3.32. The molecular weight excluding hydrogens is 182 g/mol. The zero-order valence-corrected chi connectivity index (χ0v) is 9.23. The van der Waals surface area contributed by atoms with Crippen LogP contribution in [0.1, 0.15) is 39.2 Å². The van der Waals surface area contributed by atoms with Crippen molar-refractivity contribution in [1.29, 1.82) is 0 Å². The third kappa shape index (κ3) is 2.70. The first-order valence-electron chi connectivity index (χ1n) is 4.67. The fourth-order valence-electron chi connectivity index (χ4n) is 1.55. The van der Waals surface area contributed by atoms with E-state index in [4.69, 9.17) is 11.6 Å².